The van der Waals surface area contributed by atoms with Crippen LogP contribution in [0.4, 0.5) is 10.6 Å². The van der Waals surface area contributed by atoms with Gasteiger partial charge in [0.15, 0.2) is 0 Å². The molecule has 2 aromatic rings. The third-order valence-corrected chi connectivity index (χ3v) is 5.08. The van der Waals surface area contributed by atoms with Crippen molar-refractivity contribution in [3.63, 3.8) is 0 Å². The number of ether oxygens (including phenoxy) is 1. The Kier molecular flexibility index (Phi) is 9.65. The molecule has 0 saturated carbocycles. The third kappa shape index (κ3) is 7.90. The molecule has 0 aliphatic heterocycles. The Labute approximate surface area is 201 Å². The van der Waals surface area contributed by atoms with Crippen molar-refractivity contribution in [2.45, 2.75) is 59.8 Å². The lowest BCUT2D eigenvalue weighted by molar-refractivity contribution is -0.141. The lowest BCUT2D eigenvalue weighted by Crippen LogP contribution is -2.46. The van der Waals surface area contributed by atoms with Crippen LogP contribution in [0.2, 0.25) is 0 Å². The number of carbonyl (C=O) groups is 3. The van der Waals surface area contributed by atoms with Gasteiger partial charge < -0.3 is 20.3 Å². The van der Waals surface area contributed by atoms with Gasteiger partial charge in [-0.25, -0.2) is 9.48 Å². The van der Waals surface area contributed by atoms with Gasteiger partial charge in [0.25, 0.3) is 0 Å². The van der Waals surface area contributed by atoms with Crippen molar-refractivity contribution in [2.24, 2.45) is 0 Å². The van der Waals surface area contributed by atoms with Crippen LogP contribution in [0, 0.1) is 6.92 Å². The molecule has 9 nitrogen and oxygen atoms in total. The molecule has 2 N–H and O–H groups in total. The number of esters is 1. The molecule has 0 atom stereocenters. The molecule has 9 heteroatoms. The number of hydrogen-bond donors (Lipinski definition) is 2. The number of hydrogen-bond acceptors (Lipinski definition) is 5. The van der Waals surface area contributed by atoms with Gasteiger partial charge in [-0.2, -0.15) is 5.10 Å². The second-order valence-corrected chi connectivity index (χ2v) is 9.20. The molecule has 1 heterocycles. The van der Waals surface area contributed by atoms with Crippen LogP contribution in [-0.4, -0.2) is 58.8 Å². The summed E-state index contributed by atoms with van der Waals surface area (Å²) in [6.45, 7) is 12.1. The fraction of sp³-hybridized carbons (Fsp3) is 0.520. The van der Waals surface area contributed by atoms with E-state index >= 15 is 0 Å². The smallest absolute Gasteiger partial charge is 0.325 e. The number of unbranched alkanes of at least 4 members (excludes halogenated alkanes) is 1. The summed E-state index contributed by atoms with van der Waals surface area (Å²) in [7, 11) is 0. The van der Waals surface area contributed by atoms with E-state index in [0.717, 1.165) is 29.8 Å². The van der Waals surface area contributed by atoms with Gasteiger partial charge in [-0.1, -0.05) is 46.2 Å². The van der Waals surface area contributed by atoms with E-state index in [4.69, 9.17) is 9.84 Å². The Morgan fingerprint density at radius 2 is 1.88 bits per heavy atom. The topological polar surface area (TPSA) is 106 Å². The van der Waals surface area contributed by atoms with Gasteiger partial charge in [-0.15, -0.1) is 0 Å². The predicted octanol–water partition coefficient (Wildman–Crippen LogP) is 3.79. The number of rotatable bonds is 10. The van der Waals surface area contributed by atoms with E-state index in [0.29, 0.717) is 12.4 Å². The highest BCUT2D eigenvalue weighted by Gasteiger charge is 2.23. The number of aromatic nitrogens is 2. The van der Waals surface area contributed by atoms with Gasteiger partial charge in [0.1, 0.15) is 18.9 Å². The molecular weight excluding hydrogens is 434 g/mol. The highest BCUT2D eigenvalue weighted by molar-refractivity contribution is 5.94. The van der Waals surface area contributed by atoms with Gasteiger partial charge in [-0.3, -0.25) is 9.59 Å². The van der Waals surface area contributed by atoms with E-state index in [2.05, 4.69) is 31.4 Å². The summed E-state index contributed by atoms with van der Waals surface area (Å²) in [4.78, 5) is 38.6. The summed E-state index contributed by atoms with van der Waals surface area (Å²) >= 11 is 0. The van der Waals surface area contributed by atoms with Crippen molar-refractivity contribution >= 4 is 23.7 Å². The Morgan fingerprint density at radius 1 is 1.15 bits per heavy atom. The van der Waals surface area contributed by atoms with Gasteiger partial charge in [0.2, 0.25) is 5.91 Å². The van der Waals surface area contributed by atoms with Crippen molar-refractivity contribution < 1.29 is 19.1 Å². The molecule has 34 heavy (non-hydrogen) atoms. The Bertz CT molecular complexity index is 993. The first-order chi connectivity index (χ1) is 16.0. The highest BCUT2D eigenvalue weighted by Crippen LogP contribution is 2.26. The van der Waals surface area contributed by atoms with E-state index < -0.39 is 12.0 Å². The Hall–Kier alpha value is -3.36. The van der Waals surface area contributed by atoms with Crippen molar-refractivity contribution in [1.82, 2.24) is 20.0 Å². The maximum Gasteiger partial charge on any atom is 0.325 e. The summed E-state index contributed by atoms with van der Waals surface area (Å²) in [6, 6.07) is 9.23. The number of anilines is 1. The zero-order chi connectivity index (χ0) is 25.3. The van der Waals surface area contributed by atoms with Crippen LogP contribution in [0.3, 0.4) is 0 Å². The number of nitrogens with zero attached hydrogens (tertiary/aromatic N) is 3. The average molecular weight is 472 g/mol. The van der Waals surface area contributed by atoms with Crippen LogP contribution < -0.4 is 10.6 Å². The lowest BCUT2D eigenvalue weighted by Gasteiger charge is -2.22. The minimum atomic E-state index is -0.521. The molecule has 2 rings (SSSR count). The summed E-state index contributed by atoms with van der Waals surface area (Å²) in [5.41, 5.74) is 2.53. The quantitative estimate of drug-likeness (QED) is 0.513. The molecule has 0 fully saturated rings. The highest BCUT2D eigenvalue weighted by atomic mass is 16.5. The number of benzene rings is 1. The number of nitrogens with one attached hydrogen (secondary N) is 2. The molecule has 186 valence electrons. The molecule has 0 aliphatic carbocycles. The third-order valence-electron chi connectivity index (χ3n) is 5.08. The standard InChI is InChI=1S/C25H37N5O4/c1-7-9-13-29(24(33)26-16-23(32)34-8-2)17-22(31)27-21-15-20(25(4,5)6)28-30(21)19-12-10-11-18(3)14-19/h10-12,14-15H,7-9,13,16-17H2,1-6H3,(H,26,33)(H,27,31). The molecule has 0 saturated heterocycles. The Morgan fingerprint density at radius 3 is 2.50 bits per heavy atom. The first-order valence-corrected chi connectivity index (χ1v) is 11.7. The van der Waals surface area contributed by atoms with E-state index in [1.54, 1.807) is 11.6 Å². The molecule has 0 radical (unpaired) electrons. The predicted molar refractivity (Wildman–Crippen MR) is 132 cm³/mol. The average Bonchev–Trinajstić information content (AvgIpc) is 3.19. The monoisotopic (exact) mass is 471 g/mol. The number of aryl methyl sites for hydroxylation is 1. The van der Waals surface area contributed by atoms with E-state index in [1.807, 2.05) is 44.2 Å². The Balaban J connectivity index is 2.20. The zero-order valence-electron chi connectivity index (χ0n) is 21.1. The summed E-state index contributed by atoms with van der Waals surface area (Å²) in [5, 5.41) is 10.2. The SMILES string of the molecule is CCCCN(CC(=O)Nc1cc(C(C)(C)C)nn1-c1cccc(C)c1)C(=O)NCC(=O)OCC. The fourth-order valence-corrected chi connectivity index (χ4v) is 3.22. The number of urea groups is 1. The van der Waals surface area contributed by atoms with Crippen LogP contribution in [0.25, 0.3) is 5.69 Å². The minimum absolute atomic E-state index is 0.154. The molecule has 0 unspecified atom stereocenters. The van der Waals surface area contributed by atoms with Gasteiger partial charge in [-0.05, 0) is 38.0 Å². The van der Waals surface area contributed by atoms with Crippen molar-refractivity contribution in [2.75, 3.05) is 31.6 Å². The van der Waals surface area contributed by atoms with Gasteiger partial charge >= 0.3 is 12.0 Å². The summed E-state index contributed by atoms with van der Waals surface area (Å²) in [6.07, 6.45) is 1.59. The zero-order valence-corrected chi connectivity index (χ0v) is 21.1. The molecule has 1 aromatic heterocycles. The first kappa shape index (κ1) is 26.9. The van der Waals surface area contributed by atoms with Crippen LogP contribution in [0.1, 0.15) is 58.7 Å². The summed E-state index contributed by atoms with van der Waals surface area (Å²) < 4.78 is 6.56. The molecule has 1 aromatic carbocycles. The number of carbonyl (C=O) groups excluding carboxylic acids is 3. The fourth-order valence-electron chi connectivity index (χ4n) is 3.22. The van der Waals surface area contributed by atoms with Crippen LogP contribution in [-0.2, 0) is 19.7 Å². The maximum atomic E-state index is 13.0. The first-order valence-electron chi connectivity index (χ1n) is 11.7. The normalized spacial score (nSPS) is 11.1. The van der Waals surface area contributed by atoms with Crippen LogP contribution in [0.5, 0.6) is 0 Å². The molecule has 0 spiro atoms. The van der Waals surface area contributed by atoms with E-state index in [-0.39, 0.29) is 31.0 Å². The van der Waals surface area contributed by atoms with Crippen LogP contribution >= 0.6 is 0 Å². The molecular formula is C25H37N5O4. The van der Waals surface area contributed by atoms with Crippen LogP contribution in [0.15, 0.2) is 30.3 Å². The van der Waals surface area contributed by atoms with Crippen molar-refractivity contribution in [3.8, 4) is 5.69 Å². The van der Waals surface area contributed by atoms with Crippen molar-refractivity contribution in [3.05, 3.63) is 41.6 Å². The second kappa shape index (κ2) is 12.2. The lowest BCUT2D eigenvalue weighted by atomic mass is 9.92. The van der Waals surface area contributed by atoms with E-state index in [1.165, 1.54) is 4.90 Å². The molecule has 0 aliphatic rings. The number of amides is 3. The summed E-state index contributed by atoms with van der Waals surface area (Å²) in [5.74, 6) is -0.341. The molecule has 3 amide bonds. The minimum Gasteiger partial charge on any atom is -0.465 e. The maximum absolute atomic E-state index is 13.0. The largest absolute Gasteiger partial charge is 0.465 e. The van der Waals surface area contributed by atoms with E-state index in [9.17, 15) is 14.4 Å². The van der Waals surface area contributed by atoms with Gasteiger partial charge in [0.05, 0.1) is 18.0 Å². The van der Waals surface area contributed by atoms with Gasteiger partial charge in [0, 0.05) is 18.0 Å². The van der Waals surface area contributed by atoms with Crippen molar-refractivity contribution in [1.29, 1.82) is 0 Å². The second-order valence-electron chi connectivity index (χ2n) is 9.20. The molecule has 0 bridgehead atoms.